The predicted molar refractivity (Wildman–Crippen MR) is 125 cm³/mol. The normalized spacial score (nSPS) is 10.1. The third-order valence-corrected chi connectivity index (χ3v) is 4.74. The minimum Gasteiger partial charge on any atom is -0.496 e. The Kier molecular flexibility index (Phi) is 7.16. The number of thiocarbonyl (C=S) groups is 1. The molecule has 0 fully saturated rings. The van der Waals surface area contributed by atoms with E-state index in [9.17, 15) is 9.59 Å². The van der Waals surface area contributed by atoms with Crippen molar-refractivity contribution in [1.82, 2.24) is 5.32 Å². The molecule has 0 radical (unpaired) electrons. The van der Waals surface area contributed by atoms with Gasteiger partial charge in [-0.2, -0.15) is 0 Å². The molecule has 2 amide bonds. The first-order valence-corrected chi connectivity index (χ1v) is 10.1. The molecule has 0 aromatic heterocycles. The lowest BCUT2D eigenvalue weighted by atomic mass is 10.2. The van der Waals surface area contributed by atoms with Crippen LogP contribution in [0.1, 0.15) is 20.7 Å². The average molecular weight is 484 g/mol. The van der Waals surface area contributed by atoms with E-state index >= 15 is 0 Å². The van der Waals surface area contributed by atoms with Gasteiger partial charge < -0.3 is 15.4 Å². The van der Waals surface area contributed by atoms with Gasteiger partial charge in [0.05, 0.1) is 12.7 Å². The van der Waals surface area contributed by atoms with Gasteiger partial charge in [-0.05, 0) is 60.7 Å². The first-order chi connectivity index (χ1) is 14.5. The van der Waals surface area contributed by atoms with Gasteiger partial charge >= 0.3 is 0 Å². The highest BCUT2D eigenvalue weighted by Crippen LogP contribution is 2.23. The van der Waals surface area contributed by atoms with E-state index in [0.29, 0.717) is 28.3 Å². The molecule has 3 N–H and O–H groups in total. The van der Waals surface area contributed by atoms with E-state index in [1.54, 1.807) is 66.7 Å². The van der Waals surface area contributed by atoms with Gasteiger partial charge in [0.1, 0.15) is 5.75 Å². The summed E-state index contributed by atoms with van der Waals surface area (Å²) < 4.78 is 5.97. The Hall–Kier alpha value is -3.23. The van der Waals surface area contributed by atoms with Gasteiger partial charge in [0.2, 0.25) is 0 Å². The highest BCUT2D eigenvalue weighted by molar-refractivity contribution is 9.10. The van der Waals surface area contributed by atoms with Crippen LogP contribution in [-0.4, -0.2) is 24.0 Å². The van der Waals surface area contributed by atoms with Gasteiger partial charge in [-0.3, -0.25) is 14.9 Å². The zero-order valence-corrected chi connectivity index (χ0v) is 18.3. The number of benzene rings is 3. The molecule has 0 bridgehead atoms. The fourth-order valence-corrected chi connectivity index (χ4v) is 3.23. The van der Waals surface area contributed by atoms with Crippen molar-refractivity contribution in [2.45, 2.75) is 0 Å². The van der Waals surface area contributed by atoms with Gasteiger partial charge in [0.15, 0.2) is 5.11 Å². The highest BCUT2D eigenvalue weighted by Gasteiger charge is 2.14. The Morgan fingerprint density at radius 2 is 1.57 bits per heavy atom. The van der Waals surface area contributed by atoms with E-state index in [2.05, 4.69) is 31.9 Å². The minimum atomic E-state index is -0.404. The number of ether oxygens (including phenoxy) is 1. The third kappa shape index (κ3) is 5.65. The molecular weight excluding hydrogens is 466 g/mol. The van der Waals surface area contributed by atoms with Crippen LogP contribution >= 0.6 is 28.1 Å². The molecule has 3 aromatic carbocycles. The maximum Gasteiger partial charge on any atom is 0.261 e. The number of hydrogen-bond donors (Lipinski definition) is 3. The maximum atomic E-state index is 12.6. The molecule has 8 heteroatoms. The summed E-state index contributed by atoms with van der Waals surface area (Å²) in [6, 6.07) is 21.1. The zero-order valence-electron chi connectivity index (χ0n) is 15.9. The summed E-state index contributed by atoms with van der Waals surface area (Å²) in [7, 11) is 1.49. The van der Waals surface area contributed by atoms with Crippen molar-refractivity contribution in [3.05, 3.63) is 88.4 Å². The molecule has 0 unspecified atom stereocenters. The fraction of sp³-hybridized carbons (Fsp3) is 0.0455. The Labute approximate surface area is 187 Å². The maximum absolute atomic E-state index is 12.6. The number of anilines is 2. The molecule has 0 aliphatic rings. The molecule has 0 saturated heterocycles. The van der Waals surface area contributed by atoms with Crippen LogP contribution in [0.25, 0.3) is 0 Å². The van der Waals surface area contributed by atoms with Crippen LogP contribution in [0.3, 0.4) is 0 Å². The van der Waals surface area contributed by atoms with Crippen molar-refractivity contribution in [3.8, 4) is 5.75 Å². The highest BCUT2D eigenvalue weighted by atomic mass is 79.9. The van der Waals surface area contributed by atoms with Crippen LogP contribution in [0, 0.1) is 0 Å². The molecule has 0 aliphatic heterocycles. The molecule has 0 atom stereocenters. The van der Waals surface area contributed by atoms with Gasteiger partial charge in [-0.15, -0.1) is 0 Å². The van der Waals surface area contributed by atoms with E-state index in [1.807, 2.05) is 6.07 Å². The second-order valence-corrected chi connectivity index (χ2v) is 7.48. The number of methoxy groups -OCH3 is 1. The Bertz CT molecular complexity index is 1090. The molecule has 0 saturated carbocycles. The van der Waals surface area contributed by atoms with Crippen molar-refractivity contribution in [3.63, 3.8) is 0 Å². The summed E-state index contributed by atoms with van der Waals surface area (Å²) in [5, 5.41) is 8.52. The van der Waals surface area contributed by atoms with Crippen LogP contribution in [0.5, 0.6) is 5.75 Å². The van der Waals surface area contributed by atoms with E-state index in [4.69, 9.17) is 17.0 Å². The van der Waals surface area contributed by atoms with Crippen molar-refractivity contribution in [2.24, 2.45) is 0 Å². The van der Waals surface area contributed by atoms with Crippen molar-refractivity contribution in [1.29, 1.82) is 0 Å². The van der Waals surface area contributed by atoms with E-state index in [-0.39, 0.29) is 11.0 Å². The molecule has 3 aromatic rings. The van der Waals surface area contributed by atoms with Crippen LogP contribution < -0.4 is 20.7 Å². The second kappa shape index (κ2) is 10.00. The van der Waals surface area contributed by atoms with Crippen molar-refractivity contribution in [2.75, 3.05) is 17.7 Å². The summed E-state index contributed by atoms with van der Waals surface area (Å²) in [6.07, 6.45) is 0. The second-order valence-electron chi connectivity index (χ2n) is 6.15. The van der Waals surface area contributed by atoms with Crippen LogP contribution in [0.15, 0.2) is 77.3 Å². The predicted octanol–water partition coefficient (Wildman–Crippen LogP) is 4.84. The summed E-state index contributed by atoms with van der Waals surface area (Å²) in [5.74, 6) is -0.186. The summed E-state index contributed by atoms with van der Waals surface area (Å²) in [6.45, 7) is 0. The number of carbonyl (C=O) groups is 2. The lowest BCUT2D eigenvalue weighted by Gasteiger charge is -2.13. The van der Waals surface area contributed by atoms with Gasteiger partial charge in [-0.25, -0.2) is 0 Å². The molecular formula is C22H18BrN3O3S. The summed E-state index contributed by atoms with van der Waals surface area (Å²) >= 11 is 8.59. The minimum absolute atomic E-state index is 0.119. The molecule has 0 aliphatic carbocycles. The fourth-order valence-electron chi connectivity index (χ4n) is 2.66. The van der Waals surface area contributed by atoms with Crippen molar-refractivity contribution < 1.29 is 14.3 Å². The van der Waals surface area contributed by atoms with Gasteiger partial charge in [0, 0.05) is 21.4 Å². The number of rotatable bonds is 5. The molecule has 152 valence electrons. The Morgan fingerprint density at radius 1 is 0.867 bits per heavy atom. The van der Waals surface area contributed by atoms with E-state index < -0.39 is 5.91 Å². The number of halogens is 1. The third-order valence-electron chi connectivity index (χ3n) is 4.05. The number of carbonyl (C=O) groups excluding carboxylic acids is 2. The number of hydrogen-bond acceptors (Lipinski definition) is 4. The largest absolute Gasteiger partial charge is 0.496 e. The standard InChI is InChI=1S/C22H18BrN3O3S/c1-29-19-11-10-15(23)12-18(19)21(28)26-22(30)25-17-9-5-8-16(13-17)24-20(27)14-6-3-2-4-7-14/h2-13H,1H3,(H,24,27)(H2,25,26,28,30). The quantitative estimate of drug-likeness (QED) is 0.452. The number of nitrogens with one attached hydrogen (secondary N) is 3. The monoisotopic (exact) mass is 483 g/mol. The zero-order chi connectivity index (χ0) is 21.5. The summed E-state index contributed by atoms with van der Waals surface area (Å²) in [5.41, 5.74) is 2.12. The van der Waals surface area contributed by atoms with Gasteiger partial charge in [0.25, 0.3) is 11.8 Å². The van der Waals surface area contributed by atoms with Gasteiger partial charge in [-0.1, -0.05) is 40.2 Å². The SMILES string of the molecule is COc1ccc(Br)cc1C(=O)NC(=S)Nc1cccc(NC(=O)c2ccccc2)c1. The summed E-state index contributed by atoms with van der Waals surface area (Å²) in [4.78, 5) is 24.9. The lowest BCUT2D eigenvalue weighted by molar-refractivity contribution is 0.0973. The lowest BCUT2D eigenvalue weighted by Crippen LogP contribution is -2.34. The van der Waals surface area contributed by atoms with Crippen molar-refractivity contribution >= 4 is 56.4 Å². The van der Waals surface area contributed by atoms with Crippen LogP contribution in [0.2, 0.25) is 0 Å². The Balaban J connectivity index is 1.65. The smallest absolute Gasteiger partial charge is 0.261 e. The first-order valence-electron chi connectivity index (χ1n) is 8.88. The molecule has 0 heterocycles. The topological polar surface area (TPSA) is 79.5 Å². The van der Waals surface area contributed by atoms with E-state index in [0.717, 1.165) is 4.47 Å². The number of amides is 2. The van der Waals surface area contributed by atoms with Crippen LogP contribution in [-0.2, 0) is 0 Å². The Morgan fingerprint density at radius 3 is 2.27 bits per heavy atom. The van der Waals surface area contributed by atoms with E-state index in [1.165, 1.54) is 7.11 Å². The molecule has 30 heavy (non-hydrogen) atoms. The average Bonchev–Trinajstić information content (AvgIpc) is 2.74. The molecule has 6 nitrogen and oxygen atoms in total. The first kappa shape index (κ1) is 21.5. The molecule has 3 rings (SSSR count). The molecule has 0 spiro atoms. The van der Waals surface area contributed by atoms with Crippen LogP contribution in [0.4, 0.5) is 11.4 Å².